The van der Waals surface area contributed by atoms with Crippen LogP contribution in [0.15, 0.2) is 36.4 Å². The van der Waals surface area contributed by atoms with E-state index in [4.69, 9.17) is 15.7 Å². The van der Waals surface area contributed by atoms with E-state index in [-0.39, 0.29) is 5.75 Å². The average Bonchev–Trinajstić information content (AvgIpc) is 2.39. The predicted octanol–water partition coefficient (Wildman–Crippen LogP) is 2.96. The highest BCUT2D eigenvalue weighted by molar-refractivity contribution is 5.70. The average molecular weight is 242 g/mol. The molecule has 0 fully saturated rings. The van der Waals surface area contributed by atoms with Crippen LogP contribution < -0.4 is 10.5 Å². The number of nitrogen functional groups attached to an aromatic ring is 1. The number of ether oxygens (including phenoxy) is 1. The standard InChI is InChI=1S/C14H11FN2O/c1-18-14-5-3-10(7-12(14)15)9-2-4-13(17)11(6-9)8-16/h2-7H,17H2,1H3. The molecule has 3 nitrogen and oxygen atoms in total. The fraction of sp³-hybridized carbons (Fsp3) is 0.0714. The summed E-state index contributed by atoms with van der Waals surface area (Å²) in [5.41, 5.74) is 7.84. The van der Waals surface area contributed by atoms with Gasteiger partial charge in [0, 0.05) is 5.69 Å². The van der Waals surface area contributed by atoms with Gasteiger partial charge < -0.3 is 10.5 Å². The van der Waals surface area contributed by atoms with Crippen LogP contribution in [-0.4, -0.2) is 7.11 Å². The zero-order valence-electron chi connectivity index (χ0n) is 9.77. The zero-order chi connectivity index (χ0) is 13.1. The number of halogens is 1. The quantitative estimate of drug-likeness (QED) is 0.823. The van der Waals surface area contributed by atoms with E-state index in [0.29, 0.717) is 16.8 Å². The van der Waals surface area contributed by atoms with Gasteiger partial charge in [0.25, 0.3) is 0 Å². The van der Waals surface area contributed by atoms with Gasteiger partial charge in [0.2, 0.25) is 0 Å². The van der Waals surface area contributed by atoms with Gasteiger partial charge in [-0.25, -0.2) is 4.39 Å². The minimum absolute atomic E-state index is 0.190. The van der Waals surface area contributed by atoms with Gasteiger partial charge >= 0.3 is 0 Å². The first-order valence-electron chi connectivity index (χ1n) is 5.29. The van der Waals surface area contributed by atoms with Gasteiger partial charge in [-0.05, 0) is 35.4 Å². The molecular formula is C14H11FN2O. The number of methoxy groups -OCH3 is 1. The second-order valence-corrected chi connectivity index (χ2v) is 3.76. The van der Waals surface area contributed by atoms with E-state index in [1.807, 2.05) is 6.07 Å². The van der Waals surface area contributed by atoms with E-state index in [1.165, 1.54) is 13.2 Å². The van der Waals surface area contributed by atoms with Crippen LogP contribution in [0.3, 0.4) is 0 Å². The summed E-state index contributed by atoms with van der Waals surface area (Å²) in [6, 6.07) is 11.7. The zero-order valence-corrected chi connectivity index (χ0v) is 9.77. The Kier molecular flexibility index (Phi) is 3.16. The van der Waals surface area contributed by atoms with Crippen molar-refractivity contribution in [3.63, 3.8) is 0 Å². The maximum atomic E-state index is 13.6. The summed E-state index contributed by atoms with van der Waals surface area (Å²) in [4.78, 5) is 0. The molecule has 2 aromatic carbocycles. The summed E-state index contributed by atoms with van der Waals surface area (Å²) in [5.74, 6) is -0.250. The number of rotatable bonds is 2. The number of anilines is 1. The largest absolute Gasteiger partial charge is 0.494 e. The summed E-state index contributed by atoms with van der Waals surface area (Å²) >= 11 is 0. The normalized spacial score (nSPS) is 9.83. The molecule has 2 rings (SSSR count). The van der Waals surface area contributed by atoms with Gasteiger partial charge in [-0.3, -0.25) is 0 Å². The van der Waals surface area contributed by atoms with Crippen molar-refractivity contribution in [2.45, 2.75) is 0 Å². The third kappa shape index (κ3) is 2.11. The van der Waals surface area contributed by atoms with Crippen molar-refractivity contribution in [2.75, 3.05) is 12.8 Å². The van der Waals surface area contributed by atoms with Crippen LogP contribution in [0.1, 0.15) is 5.56 Å². The molecule has 0 spiro atoms. The van der Waals surface area contributed by atoms with Crippen LogP contribution in [0.5, 0.6) is 5.75 Å². The minimum Gasteiger partial charge on any atom is -0.494 e. The fourth-order valence-electron chi connectivity index (χ4n) is 1.68. The maximum absolute atomic E-state index is 13.6. The molecule has 0 atom stereocenters. The van der Waals surface area contributed by atoms with Crippen LogP contribution in [-0.2, 0) is 0 Å². The molecule has 0 aliphatic heterocycles. The van der Waals surface area contributed by atoms with E-state index >= 15 is 0 Å². The molecule has 2 aromatic rings. The van der Waals surface area contributed by atoms with Crippen LogP contribution in [0.4, 0.5) is 10.1 Å². The van der Waals surface area contributed by atoms with Crippen molar-refractivity contribution in [3.05, 3.63) is 47.8 Å². The summed E-state index contributed by atoms with van der Waals surface area (Å²) in [7, 11) is 1.41. The van der Waals surface area contributed by atoms with Crippen molar-refractivity contribution in [1.82, 2.24) is 0 Å². The van der Waals surface area contributed by atoms with Crippen LogP contribution in [0, 0.1) is 17.1 Å². The van der Waals surface area contributed by atoms with Crippen molar-refractivity contribution in [2.24, 2.45) is 0 Å². The van der Waals surface area contributed by atoms with Crippen molar-refractivity contribution < 1.29 is 9.13 Å². The first-order chi connectivity index (χ1) is 8.65. The second kappa shape index (κ2) is 4.76. The third-order valence-electron chi connectivity index (χ3n) is 2.66. The monoisotopic (exact) mass is 242 g/mol. The molecule has 0 bridgehead atoms. The first-order valence-corrected chi connectivity index (χ1v) is 5.29. The Morgan fingerprint density at radius 1 is 1.17 bits per heavy atom. The Labute approximate surface area is 104 Å². The highest BCUT2D eigenvalue weighted by Gasteiger charge is 2.07. The SMILES string of the molecule is COc1ccc(-c2ccc(N)c(C#N)c2)cc1F. The topological polar surface area (TPSA) is 59.0 Å². The van der Waals surface area contributed by atoms with Crippen LogP contribution in [0.2, 0.25) is 0 Å². The molecule has 18 heavy (non-hydrogen) atoms. The first kappa shape index (κ1) is 11.9. The predicted molar refractivity (Wildman–Crippen MR) is 67.5 cm³/mol. The number of hydrogen-bond donors (Lipinski definition) is 1. The Morgan fingerprint density at radius 3 is 2.44 bits per heavy atom. The Morgan fingerprint density at radius 2 is 1.83 bits per heavy atom. The molecule has 90 valence electrons. The molecular weight excluding hydrogens is 231 g/mol. The van der Waals surface area contributed by atoms with E-state index < -0.39 is 5.82 Å². The summed E-state index contributed by atoms with van der Waals surface area (Å²) in [5, 5.41) is 8.90. The number of nitrogens with two attached hydrogens (primary N) is 1. The van der Waals surface area contributed by atoms with Crippen molar-refractivity contribution >= 4 is 5.69 Å². The number of nitriles is 1. The highest BCUT2D eigenvalue weighted by Crippen LogP contribution is 2.27. The lowest BCUT2D eigenvalue weighted by Crippen LogP contribution is -1.92. The smallest absolute Gasteiger partial charge is 0.165 e. The molecule has 0 aliphatic rings. The van der Waals surface area contributed by atoms with Gasteiger partial charge in [-0.1, -0.05) is 12.1 Å². The van der Waals surface area contributed by atoms with Crippen LogP contribution in [0.25, 0.3) is 11.1 Å². The van der Waals surface area contributed by atoms with Gasteiger partial charge in [0.05, 0.1) is 12.7 Å². The minimum atomic E-state index is -0.440. The molecule has 0 aliphatic carbocycles. The Hall–Kier alpha value is -2.54. The molecule has 0 radical (unpaired) electrons. The van der Waals surface area contributed by atoms with Gasteiger partial charge in [0.15, 0.2) is 11.6 Å². The lowest BCUT2D eigenvalue weighted by Gasteiger charge is -2.06. The molecule has 0 unspecified atom stereocenters. The van der Waals surface area contributed by atoms with E-state index in [1.54, 1.807) is 30.3 Å². The third-order valence-corrected chi connectivity index (χ3v) is 2.66. The van der Waals surface area contributed by atoms with Gasteiger partial charge in [-0.2, -0.15) is 5.26 Å². The fourth-order valence-corrected chi connectivity index (χ4v) is 1.68. The lowest BCUT2D eigenvalue weighted by molar-refractivity contribution is 0.386. The Balaban J connectivity index is 2.49. The molecule has 4 heteroatoms. The molecule has 0 saturated heterocycles. The van der Waals surface area contributed by atoms with Crippen molar-refractivity contribution in [1.29, 1.82) is 5.26 Å². The lowest BCUT2D eigenvalue weighted by atomic mass is 10.0. The molecule has 0 heterocycles. The Bertz CT molecular complexity index is 632. The number of hydrogen-bond acceptors (Lipinski definition) is 3. The van der Waals surface area contributed by atoms with Gasteiger partial charge in [-0.15, -0.1) is 0 Å². The molecule has 2 N–H and O–H groups in total. The number of nitrogens with zero attached hydrogens (tertiary/aromatic N) is 1. The van der Waals surface area contributed by atoms with E-state index in [2.05, 4.69) is 0 Å². The maximum Gasteiger partial charge on any atom is 0.165 e. The molecule has 0 aromatic heterocycles. The molecule has 0 saturated carbocycles. The van der Waals surface area contributed by atoms with Crippen LogP contribution >= 0.6 is 0 Å². The van der Waals surface area contributed by atoms with Crippen molar-refractivity contribution in [3.8, 4) is 22.9 Å². The van der Waals surface area contributed by atoms with E-state index in [0.717, 1.165) is 5.56 Å². The second-order valence-electron chi connectivity index (χ2n) is 3.76. The number of benzene rings is 2. The summed E-state index contributed by atoms with van der Waals surface area (Å²) in [6.07, 6.45) is 0. The summed E-state index contributed by atoms with van der Waals surface area (Å²) in [6.45, 7) is 0. The van der Waals surface area contributed by atoms with E-state index in [9.17, 15) is 4.39 Å². The molecule has 0 amide bonds. The van der Waals surface area contributed by atoms with Gasteiger partial charge in [0.1, 0.15) is 6.07 Å². The highest BCUT2D eigenvalue weighted by atomic mass is 19.1. The summed E-state index contributed by atoms with van der Waals surface area (Å²) < 4.78 is 18.4.